The van der Waals surface area contributed by atoms with Gasteiger partial charge < -0.3 is 19.7 Å². The molecule has 164 valence electrons. The summed E-state index contributed by atoms with van der Waals surface area (Å²) in [4.78, 5) is 27.7. The molecule has 2 aromatic rings. The lowest BCUT2D eigenvalue weighted by atomic mass is 9.87. The van der Waals surface area contributed by atoms with Gasteiger partial charge in [-0.2, -0.15) is 0 Å². The lowest BCUT2D eigenvalue weighted by molar-refractivity contribution is -0.132. The summed E-state index contributed by atoms with van der Waals surface area (Å²) >= 11 is 0. The summed E-state index contributed by atoms with van der Waals surface area (Å²) in [7, 11) is 3.18. The molecule has 1 saturated heterocycles. The summed E-state index contributed by atoms with van der Waals surface area (Å²) in [5.41, 5.74) is 1.70. The predicted octanol–water partition coefficient (Wildman–Crippen LogP) is 3.11. The predicted molar refractivity (Wildman–Crippen MR) is 113 cm³/mol. The number of methoxy groups -OCH3 is 2. The van der Waals surface area contributed by atoms with Crippen molar-refractivity contribution >= 4 is 11.8 Å². The minimum absolute atomic E-state index is 0.0967. The van der Waals surface area contributed by atoms with Crippen molar-refractivity contribution in [1.29, 1.82) is 0 Å². The highest BCUT2D eigenvalue weighted by molar-refractivity contribution is 5.85. The average Bonchev–Trinajstić information content (AvgIpc) is 3.55. The summed E-state index contributed by atoms with van der Waals surface area (Å²) in [5, 5.41) is 2.96. The number of amides is 2. The van der Waals surface area contributed by atoms with Crippen molar-refractivity contribution in [3.63, 3.8) is 0 Å². The van der Waals surface area contributed by atoms with Crippen molar-refractivity contribution < 1.29 is 23.5 Å². The SMILES string of the molecule is COc1ccc(C2CN(C(=O)C3CC3)CC2C(=O)NCc2ccc(F)cc2)c(OC)c1. The molecule has 4 rings (SSSR count). The van der Waals surface area contributed by atoms with Gasteiger partial charge in [-0.3, -0.25) is 9.59 Å². The van der Waals surface area contributed by atoms with Crippen molar-refractivity contribution in [3.05, 3.63) is 59.4 Å². The standard InChI is InChI=1S/C24H27FN2O4/c1-30-18-9-10-19(22(11-18)31-2)20-13-27(24(29)16-5-6-16)14-21(20)23(28)26-12-15-3-7-17(25)8-4-15/h3-4,7-11,16,20-21H,5-6,12-14H2,1-2H3,(H,26,28). The number of nitrogens with zero attached hydrogens (tertiary/aromatic N) is 1. The zero-order valence-corrected chi connectivity index (χ0v) is 17.8. The van der Waals surface area contributed by atoms with Crippen molar-refractivity contribution in [1.82, 2.24) is 10.2 Å². The molecule has 7 heteroatoms. The van der Waals surface area contributed by atoms with Gasteiger partial charge in [0.1, 0.15) is 17.3 Å². The maximum Gasteiger partial charge on any atom is 0.225 e. The summed E-state index contributed by atoms with van der Waals surface area (Å²) in [5.74, 6) is 0.515. The van der Waals surface area contributed by atoms with Crippen LogP contribution in [-0.2, 0) is 16.1 Å². The molecule has 0 aromatic heterocycles. The third kappa shape index (κ3) is 4.65. The normalized spacial score (nSPS) is 20.4. The summed E-state index contributed by atoms with van der Waals surface area (Å²) < 4.78 is 24.0. The number of hydrogen-bond acceptors (Lipinski definition) is 4. The molecule has 0 radical (unpaired) electrons. The van der Waals surface area contributed by atoms with E-state index < -0.39 is 5.92 Å². The van der Waals surface area contributed by atoms with E-state index in [4.69, 9.17) is 9.47 Å². The number of likely N-dealkylation sites (tertiary alicyclic amines) is 1. The zero-order chi connectivity index (χ0) is 22.0. The van der Waals surface area contributed by atoms with Crippen molar-refractivity contribution in [2.75, 3.05) is 27.3 Å². The molecular weight excluding hydrogens is 399 g/mol. The van der Waals surface area contributed by atoms with E-state index in [1.807, 2.05) is 17.0 Å². The first kappa shape index (κ1) is 21.2. The Hall–Kier alpha value is -3.09. The highest BCUT2D eigenvalue weighted by Gasteiger charge is 2.44. The van der Waals surface area contributed by atoms with E-state index in [2.05, 4.69) is 5.32 Å². The third-order valence-electron chi connectivity index (χ3n) is 6.12. The smallest absolute Gasteiger partial charge is 0.225 e. The Morgan fingerprint density at radius 3 is 2.45 bits per heavy atom. The Balaban J connectivity index is 1.55. The van der Waals surface area contributed by atoms with Gasteiger partial charge in [-0.25, -0.2) is 4.39 Å². The van der Waals surface area contributed by atoms with Crippen LogP contribution in [0.4, 0.5) is 4.39 Å². The summed E-state index contributed by atoms with van der Waals surface area (Å²) in [6, 6.07) is 11.6. The number of benzene rings is 2. The van der Waals surface area contributed by atoms with Crippen LogP contribution in [0, 0.1) is 17.7 Å². The first-order chi connectivity index (χ1) is 15.0. The van der Waals surface area contributed by atoms with Crippen LogP contribution in [-0.4, -0.2) is 44.0 Å². The number of halogens is 1. The average molecular weight is 426 g/mol. The molecule has 0 spiro atoms. The second kappa shape index (κ2) is 8.96. The molecule has 1 aliphatic heterocycles. The molecule has 1 N–H and O–H groups in total. The van der Waals surface area contributed by atoms with E-state index in [1.54, 1.807) is 32.4 Å². The van der Waals surface area contributed by atoms with Gasteiger partial charge in [0.05, 0.1) is 20.1 Å². The Morgan fingerprint density at radius 1 is 1.06 bits per heavy atom. The first-order valence-corrected chi connectivity index (χ1v) is 10.5. The molecule has 2 fully saturated rings. The third-order valence-corrected chi connectivity index (χ3v) is 6.12. The second-order valence-corrected chi connectivity index (χ2v) is 8.18. The van der Waals surface area contributed by atoms with Crippen LogP contribution >= 0.6 is 0 Å². The highest BCUT2D eigenvalue weighted by atomic mass is 19.1. The van der Waals surface area contributed by atoms with Gasteiger partial charge in [-0.15, -0.1) is 0 Å². The fourth-order valence-corrected chi connectivity index (χ4v) is 4.20. The molecule has 2 atom stereocenters. The maximum atomic E-state index is 13.2. The molecular formula is C24H27FN2O4. The molecule has 1 heterocycles. The van der Waals surface area contributed by atoms with Crippen LogP contribution in [0.2, 0.25) is 0 Å². The van der Waals surface area contributed by atoms with Gasteiger partial charge in [0.15, 0.2) is 0 Å². The zero-order valence-electron chi connectivity index (χ0n) is 17.8. The Bertz CT molecular complexity index is 959. The van der Waals surface area contributed by atoms with Crippen LogP contribution in [0.15, 0.2) is 42.5 Å². The van der Waals surface area contributed by atoms with Crippen LogP contribution in [0.5, 0.6) is 11.5 Å². The quantitative estimate of drug-likeness (QED) is 0.739. The number of rotatable bonds is 7. The molecule has 31 heavy (non-hydrogen) atoms. The molecule has 2 unspecified atom stereocenters. The van der Waals surface area contributed by atoms with Crippen molar-refractivity contribution in [2.24, 2.45) is 11.8 Å². The molecule has 2 amide bonds. The number of hydrogen-bond donors (Lipinski definition) is 1. The number of nitrogens with one attached hydrogen (secondary N) is 1. The van der Waals surface area contributed by atoms with E-state index in [-0.39, 0.29) is 29.5 Å². The van der Waals surface area contributed by atoms with E-state index >= 15 is 0 Å². The van der Waals surface area contributed by atoms with Gasteiger partial charge >= 0.3 is 0 Å². The van der Waals surface area contributed by atoms with E-state index in [9.17, 15) is 14.0 Å². The highest BCUT2D eigenvalue weighted by Crippen LogP contribution is 2.41. The largest absolute Gasteiger partial charge is 0.497 e. The second-order valence-electron chi connectivity index (χ2n) is 8.18. The van der Waals surface area contributed by atoms with Crippen LogP contribution in [0.1, 0.15) is 29.9 Å². The molecule has 6 nitrogen and oxygen atoms in total. The van der Waals surface area contributed by atoms with Gasteiger partial charge in [0, 0.05) is 43.1 Å². The molecule has 2 aliphatic rings. The van der Waals surface area contributed by atoms with Crippen molar-refractivity contribution in [2.45, 2.75) is 25.3 Å². The molecule has 0 bridgehead atoms. The van der Waals surface area contributed by atoms with E-state index in [0.717, 1.165) is 24.0 Å². The Morgan fingerprint density at radius 2 is 1.81 bits per heavy atom. The molecule has 1 aliphatic carbocycles. The minimum atomic E-state index is -0.398. The fourth-order valence-electron chi connectivity index (χ4n) is 4.20. The van der Waals surface area contributed by atoms with Crippen LogP contribution < -0.4 is 14.8 Å². The maximum absolute atomic E-state index is 13.2. The monoisotopic (exact) mass is 426 g/mol. The van der Waals surface area contributed by atoms with E-state index in [1.165, 1.54) is 12.1 Å². The van der Waals surface area contributed by atoms with E-state index in [0.29, 0.717) is 31.1 Å². The van der Waals surface area contributed by atoms with Crippen LogP contribution in [0.25, 0.3) is 0 Å². The summed E-state index contributed by atoms with van der Waals surface area (Å²) in [6.45, 7) is 1.16. The van der Waals surface area contributed by atoms with Crippen LogP contribution in [0.3, 0.4) is 0 Å². The van der Waals surface area contributed by atoms with Crippen molar-refractivity contribution in [3.8, 4) is 11.5 Å². The number of ether oxygens (including phenoxy) is 2. The fraction of sp³-hybridized carbons (Fsp3) is 0.417. The van der Waals surface area contributed by atoms with Gasteiger partial charge in [0.25, 0.3) is 0 Å². The van der Waals surface area contributed by atoms with Gasteiger partial charge in [0.2, 0.25) is 11.8 Å². The Labute approximate surface area is 181 Å². The molecule has 1 saturated carbocycles. The van der Waals surface area contributed by atoms with Gasteiger partial charge in [-0.1, -0.05) is 18.2 Å². The molecule has 2 aromatic carbocycles. The lowest BCUT2D eigenvalue weighted by Gasteiger charge is -2.21. The Kier molecular flexibility index (Phi) is 6.11. The van der Waals surface area contributed by atoms with Gasteiger partial charge in [-0.05, 0) is 36.6 Å². The first-order valence-electron chi connectivity index (χ1n) is 10.5. The minimum Gasteiger partial charge on any atom is -0.497 e. The number of carbonyl (C=O) groups is 2. The number of carbonyl (C=O) groups excluding carboxylic acids is 2. The lowest BCUT2D eigenvalue weighted by Crippen LogP contribution is -2.35. The summed E-state index contributed by atoms with van der Waals surface area (Å²) in [6.07, 6.45) is 1.85. The topological polar surface area (TPSA) is 67.9 Å².